The maximum atomic E-state index is 12.0. The van der Waals surface area contributed by atoms with Crippen LogP contribution in [-0.4, -0.2) is 16.5 Å². The summed E-state index contributed by atoms with van der Waals surface area (Å²) >= 11 is 0. The highest BCUT2D eigenvalue weighted by Crippen LogP contribution is 2.20. The third-order valence-electron chi connectivity index (χ3n) is 3.18. The number of hydrogen-bond donors (Lipinski definition) is 1. The van der Waals surface area contributed by atoms with E-state index in [1.807, 2.05) is 13.8 Å². The highest BCUT2D eigenvalue weighted by Gasteiger charge is 2.20. The summed E-state index contributed by atoms with van der Waals surface area (Å²) in [5.74, 6) is 0.369. The highest BCUT2D eigenvalue weighted by molar-refractivity contribution is 5.95. The number of Topliss-reactive ketones (excluding diaryl/α,β-unsaturated/α-hetero) is 1. The molecule has 100 valence electrons. The van der Waals surface area contributed by atoms with E-state index in [2.05, 4.69) is 6.58 Å². The normalized spacial score (nSPS) is 16.0. The average Bonchev–Trinajstić information content (AvgIpc) is 2.74. The Morgan fingerprint density at radius 2 is 2.33 bits per heavy atom. The van der Waals surface area contributed by atoms with Crippen molar-refractivity contribution in [2.75, 3.05) is 0 Å². The predicted molar refractivity (Wildman–Crippen MR) is 71.6 cm³/mol. The van der Waals surface area contributed by atoms with Gasteiger partial charge in [0.05, 0.1) is 11.9 Å². The predicted octanol–water partition coefficient (Wildman–Crippen LogP) is 3.51. The van der Waals surface area contributed by atoms with Crippen LogP contribution in [0, 0.1) is 12.8 Å². The second-order valence-corrected chi connectivity index (χ2v) is 5.21. The Bertz CT molecular complexity index is 415. The molecule has 0 saturated heterocycles. The first kappa shape index (κ1) is 14.7. The van der Waals surface area contributed by atoms with Crippen LogP contribution in [0.1, 0.15) is 49.2 Å². The lowest BCUT2D eigenvalue weighted by atomic mass is 9.93. The summed E-state index contributed by atoms with van der Waals surface area (Å²) in [6, 6.07) is 1.76. The minimum Gasteiger partial charge on any atom is -0.461 e. The van der Waals surface area contributed by atoms with E-state index >= 15 is 0 Å². The molecule has 0 radical (unpaired) electrons. The molecule has 3 heteroatoms. The van der Waals surface area contributed by atoms with Crippen LogP contribution < -0.4 is 0 Å². The SMILES string of the molecule is C=CC(C)(O)CCCC(C)C(=O)c1cc(C)co1. The average molecular weight is 250 g/mol. The molecule has 0 aliphatic carbocycles. The zero-order valence-electron chi connectivity index (χ0n) is 11.4. The quantitative estimate of drug-likeness (QED) is 0.595. The van der Waals surface area contributed by atoms with Crippen LogP contribution in [0.15, 0.2) is 29.4 Å². The maximum absolute atomic E-state index is 12.0. The Labute approximate surface area is 109 Å². The Balaban J connectivity index is 2.44. The lowest BCUT2D eigenvalue weighted by Gasteiger charge is -2.18. The number of aryl methyl sites for hydroxylation is 1. The van der Waals surface area contributed by atoms with Gasteiger partial charge in [-0.1, -0.05) is 13.0 Å². The molecule has 1 aromatic rings. The smallest absolute Gasteiger partial charge is 0.200 e. The number of carbonyl (C=O) groups is 1. The minimum atomic E-state index is -0.843. The minimum absolute atomic E-state index is 0.0290. The van der Waals surface area contributed by atoms with Gasteiger partial charge in [-0.15, -0.1) is 6.58 Å². The first-order valence-corrected chi connectivity index (χ1v) is 6.31. The molecule has 1 rings (SSSR count). The molecule has 2 atom stereocenters. The standard InChI is InChI=1S/C15H22O3/c1-5-15(4,17)8-6-7-12(3)14(16)13-9-11(2)10-18-13/h5,9-10,12,17H,1,6-8H2,2-4H3. The highest BCUT2D eigenvalue weighted by atomic mass is 16.3. The third kappa shape index (κ3) is 4.15. The monoisotopic (exact) mass is 250 g/mol. The number of rotatable bonds is 7. The zero-order chi connectivity index (χ0) is 13.8. The van der Waals surface area contributed by atoms with Gasteiger partial charge in [-0.25, -0.2) is 0 Å². The maximum Gasteiger partial charge on any atom is 0.200 e. The Kier molecular flexibility index (Phi) is 4.91. The van der Waals surface area contributed by atoms with Gasteiger partial charge in [0.15, 0.2) is 5.76 Å². The van der Waals surface area contributed by atoms with E-state index in [0.29, 0.717) is 12.2 Å². The van der Waals surface area contributed by atoms with Gasteiger partial charge in [0.25, 0.3) is 0 Å². The van der Waals surface area contributed by atoms with Gasteiger partial charge in [-0.2, -0.15) is 0 Å². The second-order valence-electron chi connectivity index (χ2n) is 5.21. The van der Waals surface area contributed by atoms with Crippen molar-refractivity contribution in [2.45, 2.75) is 45.6 Å². The molecule has 0 spiro atoms. The van der Waals surface area contributed by atoms with Crippen LogP contribution in [-0.2, 0) is 0 Å². The summed E-state index contributed by atoms with van der Waals surface area (Å²) in [5, 5.41) is 9.77. The topological polar surface area (TPSA) is 50.4 Å². The molecule has 0 aliphatic heterocycles. The number of ketones is 1. The fourth-order valence-corrected chi connectivity index (χ4v) is 1.80. The van der Waals surface area contributed by atoms with Gasteiger partial charge < -0.3 is 9.52 Å². The van der Waals surface area contributed by atoms with Crippen LogP contribution in [0.3, 0.4) is 0 Å². The zero-order valence-corrected chi connectivity index (χ0v) is 11.4. The molecule has 18 heavy (non-hydrogen) atoms. The molecule has 1 N–H and O–H groups in total. The van der Waals surface area contributed by atoms with Gasteiger partial charge in [0.2, 0.25) is 5.78 Å². The van der Waals surface area contributed by atoms with Crippen LogP contribution in [0.25, 0.3) is 0 Å². The second kappa shape index (κ2) is 6.01. The van der Waals surface area contributed by atoms with Crippen molar-refractivity contribution in [3.05, 3.63) is 36.3 Å². The van der Waals surface area contributed by atoms with E-state index < -0.39 is 5.60 Å². The lowest BCUT2D eigenvalue weighted by molar-refractivity contribution is 0.0850. The Hall–Kier alpha value is -1.35. The van der Waals surface area contributed by atoms with Crippen molar-refractivity contribution >= 4 is 5.78 Å². The van der Waals surface area contributed by atoms with Crippen LogP contribution in [0.4, 0.5) is 0 Å². The van der Waals surface area contributed by atoms with E-state index in [0.717, 1.165) is 18.4 Å². The molecule has 0 bridgehead atoms. The number of furan rings is 1. The summed E-state index contributed by atoms with van der Waals surface area (Å²) in [5.41, 5.74) is 0.115. The van der Waals surface area contributed by atoms with E-state index in [9.17, 15) is 9.90 Å². The van der Waals surface area contributed by atoms with Crippen LogP contribution >= 0.6 is 0 Å². The molecule has 3 nitrogen and oxygen atoms in total. The number of carbonyl (C=O) groups excluding carboxylic acids is 1. The summed E-state index contributed by atoms with van der Waals surface area (Å²) in [6.07, 6.45) is 5.26. The number of aliphatic hydroxyl groups is 1. The molecule has 0 fully saturated rings. The van der Waals surface area contributed by atoms with Crippen molar-refractivity contribution in [3.8, 4) is 0 Å². The first-order chi connectivity index (χ1) is 8.35. The summed E-state index contributed by atoms with van der Waals surface area (Å²) in [4.78, 5) is 12.0. The van der Waals surface area contributed by atoms with Crippen molar-refractivity contribution < 1.29 is 14.3 Å². The molecule has 0 amide bonds. The van der Waals surface area contributed by atoms with Gasteiger partial charge in [0, 0.05) is 5.92 Å². The van der Waals surface area contributed by atoms with Crippen molar-refractivity contribution in [3.63, 3.8) is 0 Å². The Morgan fingerprint density at radius 1 is 1.67 bits per heavy atom. The fourth-order valence-electron chi connectivity index (χ4n) is 1.80. The van der Waals surface area contributed by atoms with Crippen LogP contribution in [0.2, 0.25) is 0 Å². The molecule has 0 aliphatic rings. The van der Waals surface area contributed by atoms with Gasteiger partial charge in [-0.3, -0.25) is 4.79 Å². The van der Waals surface area contributed by atoms with Gasteiger partial charge in [-0.05, 0) is 44.7 Å². The van der Waals surface area contributed by atoms with E-state index in [1.54, 1.807) is 19.3 Å². The molecule has 0 aromatic carbocycles. The number of hydrogen-bond acceptors (Lipinski definition) is 3. The summed E-state index contributed by atoms with van der Waals surface area (Å²) in [6.45, 7) is 9.09. The van der Waals surface area contributed by atoms with Crippen molar-refractivity contribution in [1.82, 2.24) is 0 Å². The third-order valence-corrected chi connectivity index (χ3v) is 3.18. The Morgan fingerprint density at radius 3 is 2.83 bits per heavy atom. The molecule has 1 heterocycles. The fraction of sp³-hybridized carbons (Fsp3) is 0.533. The van der Waals surface area contributed by atoms with Gasteiger partial charge >= 0.3 is 0 Å². The lowest BCUT2D eigenvalue weighted by Crippen LogP contribution is -2.20. The first-order valence-electron chi connectivity index (χ1n) is 6.31. The van der Waals surface area contributed by atoms with Crippen molar-refractivity contribution in [1.29, 1.82) is 0 Å². The van der Waals surface area contributed by atoms with Gasteiger partial charge in [0.1, 0.15) is 0 Å². The van der Waals surface area contributed by atoms with E-state index in [-0.39, 0.29) is 11.7 Å². The largest absolute Gasteiger partial charge is 0.461 e. The molecular formula is C15H22O3. The van der Waals surface area contributed by atoms with Crippen molar-refractivity contribution in [2.24, 2.45) is 5.92 Å². The molecular weight excluding hydrogens is 228 g/mol. The summed E-state index contributed by atoms with van der Waals surface area (Å²) in [7, 11) is 0. The molecule has 0 saturated carbocycles. The van der Waals surface area contributed by atoms with E-state index in [1.165, 1.54) is 6.08 Å². The summed E-state index contributed by atoms with van der Waals surface area (Å²) < 4.78 is 5.20. The molecule has 1 aromatic heterocycles. The molecule has 2 unspecified atom stereocenters. The van der Waals surface area contributed by atoms with Crippen LogP contribution in [0.5, 0.6) is 0 Å². The van der Waals surface area contributed by atoms with E-state index in [4.69, 9.17) is 4.42 Å².